The molecule has 0 amide bonds. The molecule has 0 aromatic carbocycles. The van der Waals surface area contributed by atoms with E-state index in [-0.39, 0.29) is 0 Å². The zero-order valence-electron chi connectivity index (χ0n) is 8.99. The van der Waals surface area contributed by atoms with Gasteiger partial charge in [-0.05, 0) is 19.9 Å². The molecule has 0 bridgehead atoms. The van der Waals surface area contributed by atoms with Crippen molar-refractivity contribution in [2.45, 2.75) is 19.4 Å². The molecule has 4 nitrogen and oxygen atoms in total. The first-order valence-electron chi connectivity index (χ1n) is 5.11. The van der Waals surface area contributed by atoms with Crippen LogP contribution >= 0.6 is 0 Å². The molecule has 1 saturated heterocycles. The highest BCUT2D eigenvalue weighted by Crippen LogP contribution is 2.00. The Morgan fingerprint density at radius 3 is 2.79 bits per heavy atom. The molecule has 1 unspecified atom stereocenters. The number of rotatable bonds is 4. The molecule has 1 heterocycles. The first-order chi connectivity index (χ1) is 6.47. The van der Waals surface area contributed by atoms with Crippen LogP contribution in [0.25, 0.3) is 0 Å². The van der Waals surface area contributed by atoms with E-state index in [1.165, 1.54) is 6.26 Å². The van der Waals surface area contributed by atoms with Gasteiger partial charge in [0.1, 0.15) is 9.84 Å². The Morgan fingerprint density at radius 2 is 2.21 bits per heavy atom. The van der Waals surface area contributed by atoms with Crippen LogP contribution in [-0.2, 0) is 9.84 Å². The Hall–Kier alpha value is -0.130. The lowest BCUT2D eigenvalue weighted by Gasteiger charge is -2.31. The fourth-order valence-corrected chi connectivity index (χ4v) is 2.42. The summed E-state index contributed by atoms with van der Waals surface area (Å²) in [6.45, 7) is 6.14. The van der Waals surface area contributed by atoms with Crippen LogP contribution in [0, 0.1) is 0 Å². The summed E-state index contributed by atoms with van der Waals surface area (Å²) in [7, 11) is -2.78. The van der Waals surface area contributed by atoms with Gasteiger partial charge in [0.05, 0.1) is 5.75 Å². The largest absolute Gasteiger partial charge is 0.312 e. The van der Waals surface area contributed by atoms with Crippen LogP contribution in [0.3, 0.4) is 0 Å². The molecule has 14 heavy (non-hydrogen) atoms. The van der Waals surface area contributed by atoms with E-state index in [4.69, 9.17) is 0 Å². The van der Waals surface area contributed by atoms with Gasteiger partial charge in [0.15, 0.2) is 0 Å². The van der Waals surface area contributed by atoms with Gasteiger partial charge in [-0.15, -0.1) is 0 Å². The standard InChI is InChI=1S/C9H20N2O2S/c1-9-8-11(6-4-10-9)5-3-7-14(2,12)13/h9-10H,3-8H2,1-2H3. The van der Waals surface area contributed by atoms with Gasteiger partial charge >= 0.3 is 0 Å². The van der Waals surface area contributed by atoms with E-state index >= 15 is 0 Å². The average molecular weight is 220 g/mol. The lowest BCUT2D eigenvalue weighted by Crippen LogP contribution is -2.49. The lowest BCUT2D eigenvalue weighted by molar-refractivity contribution is 0.208. The second-order valence-corrected chi connectivity index (χ2v) is 6.40. The quantitative estimate of drug-likeness (QED) is 0.707. The maximum absolute atomic E-state index is 10.9. The predicted molar refractivity (Wildman–Crippen MR) is 58.2 cm³/mol. The molecule has 0 radical (unpaired) electrons. The summed E-state index contributed by atoms with van der Waals surface area (Å²) in [6.07, 6.45) is 2.05. The second kappa shape index (κ2) is 5.09. The summed E-state index contributed by atoms with van der Waals surface area (Å²) >= 11 is 0. The molecular formula is C9H20N2O2S. The molecule has 1 N–H and O–H groups in total. The van der Waals surface area contributed by atoms with Crippen LogP contribution < -0.4 is 5.32 Å². The van der Waals surface area contributed by atoms with Crippen molar-refractivity contribution in [3.8, 4) is 0 Å². The second-order valence-electron chi connectivity index (χ2n) is 4.14. The summed E-state index contributed by atoms with van der Waals surface area (Å²) in [5.74, 6) is 0.311. The van der Waals surface area contributed by atoms with Crippen LogP contribution in [0.5, 0.6) is 0 Å². The SMILES string of the molecule is CC1CN(CCCS(C)(=O)=O)CCN1. The zero-order chi connectivity index (χ0) is 10.6. The van der Waals surface area contributed by atoms with Crippen molar-refractivity contribution in [1.29, 1.82) is 0 Å². The maximum atomic E-state index is 10.9. The minimum atomic E-state index is -2.78. The highest BCUT2D eigenvalue weighted by Gasteiger charge is 2.15. The zero-order valence-corrected chi connectivity index (χ0v) is 9.81. The highest BCUT2D eigenvalue weighted by molar-refractivity contribution is 7.90. The summed E-state index contributed by atoms with van der Waals surface area (Å²) in [4.78, 5) is 2.33. The van der Waals surface area contributed by atoms with Gasteiger partial charge in [0, 0.05) is 31.9 Å². The molecule has 1 aliphatic heterocycles. The van der Waals surface area contributed by atoms with Crippen LogP contribution in [0.15, 0.2) is 0 Å². The van der Waals surface area contributed by atoms with Crippen molar-refractivity contribution >= 4 is 9.84 Å². The molecule has 0 aliphatic carbocycles. The summed E-state index contributed by atoms with van der Waals surface area (Å²) in [5.41, 5.74) is 0. The van der Waals surface area contributed by atoms with E-state index in [9.17, 15) is 8.42 Å². The lowest BCUT2D eigenvalue weighted by atomic mass is 10.2. The minimum Gasteiger partial charge on any atom is -0.312 e. The first kappa shape index (κ1) is 11.9. The summed E-state index contributed by atoms with van der Waals surface area (Å²) in [5, 5.41) is 3.36. The average Bonchev–Trinajstić information content (AvgIpc) is 2.01. The molecule has 84 valence electrons. The van der Waals surface area contributed by atoms with Crippen LogP contribution in [0.2, 0.25) is 0 Å². The molecule has 1 aliphatic rings. The van der Waals surface area contributed by atoms with E-state index in [0.717, 1.165) is 32.6 Å². The topological polar surface area (TPSA) is 49.4 Å². The molecule has 0 saturated carbocycles. The molecule has 1 fully saturated rings. The van der Waals surface area contributed by atoms with Gasteiger partial charge in [-0.25, -0.2) is 8.42 Å². The molecule has 1 rings (SSSR count). The van der Waals surface area contributed by atoms with Gasteiger partial charge < -0.3 is 10.2 Å². The fourth-order valence-electron chi connectivity index (χ4n) is 1.77. The molecule has 5 heteroatoms. The number of nitrogens with zero attached hydrogens (tertiary/aromatic N) is 1. The number of sulfone groups is 1. The highest BCUT2D eigenvalue weighted by atomic mass is 32.2. The van der Waals surface area contributed by atoms with Crippen molar-refractivity contribution in [1.82, 2.24) is 10.2 Å². The van der Waals surface area contributed by atoms with Crippen LogP contribution in [0.4, 0.5) is 0 Å². The van der Waals surface area contributed by atoms with Crippen molar-refractivity contribution in [2.75, 3.05) is 38.2 Å². The van der Waals surface area contributed by atoms with Crippen LogP contribution in [0.1, 0.15) is 13.3 Å². The minimum absolute atomic E-state index is 0.311. The van der Waals surface area contributed by atoms with Crippen molar-refractivity contribution < 1.29 is 8.42 Å². The Kier molecular flexibility index (Phi) is 4.34. The van der Waals surface area contributed by atoms with E-state index in [1.807, 2.05) is 0 Å². The van der Waals surface area contributed by atoms with Crippen LogP contribution in [-0.4, -0.2) is 57.5 Å². The third-order valence-electron chi connectivity index (χ3n) is 2.44. The van der Waals surface area contributed by atoms with Gasteiger partial charge in [-0.2, -0.15) is 0 Å². The van der Waals surface area contributed by atoms with Crippen molar-refractivity contribution in [2.24, 2.45) is 0 Å². The molecule has 0 spiro atoms. The fraction of sp³-hybridized carbons (Fsp3) is 1.00. The third-order valence-corrected chi connectivity index (χ3v) is 3.47. The normalized spacial score (nSPS) is 25.1. The monoisotopic (exact) mass is 220 g/mol. The molecule has 0 aromatic heterocycles. The number of nitrogens with one attached hydrogen (secondary N) is 1. The third kappa shape index (κ3) is 4.93. The predicted octanol–water partition coefficient (Wildman–Crippen LogP) is -0.285. The smallest absolute Gasteiger partial charge is 0.147 e. The van der Waals surface area contributed by atoms with Gasteiger partial charge in [-0.3, -0.25) is 0 Å². The Morgan fingerprint density at radius 1 is 1.50 bits per heavy atom. The number of hydrogen-bond acceptors (Lipinski definition) is 4. The number of hydrogen-bond donors (Lipinski definition) is 1. The van der Waals surface area contributed by atoms with Gasteiger partial charge in [0.2, 0.25) is 0 Å². The van der Waals surface area contributed by atoms with E-state index < -0.39 is 9.84 Å². The summed E-state index contributed by atoms with van der Waals surface area (Å²) in [6, 6.07) is 0.530. The Bertz CT molecular complexity index is 264. The van der Waals surface area contributed by atoms with E-state index in [0.29, 0.717) is 11.8 Å². The van der Waals surface area contributed by atoms with Gasteiger partial charge in [0.25, 0.3) is 0 Å². The maximum Gasteiger partial charge on any atom is 0.147 e. The molecule has 0 aromatic rings. The molecular weight excluding hydrogens is 200 g/mol. The van der Waals surface area contributed by atoms with E-state index in [2.05, 4.69) is 17.1 Å². The van der Waals surface area contributed by atoms with Gasteiger partial charge in [-0.1, -0.05) is 0 Å². The molecule has 1 atom stereocenters. The van der Waals surface area contributed by atoms with Crippen molar-refractivity contribution in [3.63, 3.8) is 0 Å². The Labute approximate surface area is 86.6 Å². The van der Waals surface area contributed by atoms with E-state index in [1.54, 1.807) is 0 Å². The first-order valence-corrected chi connectivity index (χ1v) is 7.17. The summed E-state index contributed by atoms with van der Waals surface area (Å²) < 4.78 is 21.8. The van der Waals surface area contributed by atoms with Crippen molar-refractivity contribution in [3.05, 3.63) is 0 Å². The Balaban J connectivity index is 2.18. The number of piperazine rings is 1.